The van der Waals surface area contributed by atoms with Gasteiger partial charge in [-0.2, -0.15) is 21.6 Å². The third-order valence-electron chi connectivity index (χ3n) is 4.65. The smallest absolute Gasteiger partial charge is 0.379 e. The lowest BCUT2D eigenvalue weighted by molar-refractivity contribution is -0.137. The van der Waals surface area contributed by atoms with E-state index in [2.05, 4.69) is 0 Å². The van der Waals surface area contributed by atoms with E-state index >= 15 is 0 Å². The van der Waals surface area contributed by atoms with E-state index in [0.29, 0.717) is 18.1 Å². The maximum atomic E-state index is 12.9. The van der Waals surface area contributed by atoms with Crippen LogP contribution in [-0.4, -0.2) is 30.6 Å². The van der Waals surface area contributed by atoms with Crippen LogP contribution in [0.2, 0.25) is 0 Å². The third kappa shape index (κ3) is 6.61. The monoisotopic (exact) mass is 477 g/mol. The Hall–Kier alpha value is -2.26. The van der Waals surface area contributed by atoms with Gasteiger partial charge in [-0.05, 0) is 56.2 Å². The zero-order valence-corrected chi connectivity index (χ0v) is 18.8. The van der Waals surface area contributed by atoms with Crippen LogP contribution in [-0.2, 0) is 27.6 Å². The van der Waals surface area contributed by atoms with E-state index in [4.69, 9.17) is 15.8 Å². The summed E-state index contributed by atoms with van der Waals surface area (Å²) in [7, 11) is -4.49. The Morgan fingerprint density at radius 3 is 2.35 bits per heavy atom. The fourth-order valence-electron chi connectivity index (χ4n) is 2.79. The molecule has 1 amide bonds. The summed E-state index contributed by atoms with van der Waals surface area (Å²) in [4.78, 5) is 13.4. The molecule has 2 aromatic rings. The highest BCUT2D eigenvalue weighted by Gasteiger charge is 2.32. The van der Waals surface area contributed by atoms with Gasteiger partial charge in [-0.1, -0.05) is 25.1 Å². The molecule has 0 aliphatic heterocycles. The molecule has 31 heavy (non-hydrogen) atoms. The molecule has 0 spiro atoms. The van der Waals surface area contributed by atoms with Crippen molar-refractivity contribution in [3.05, 3.63) is 59.7 Å². The highest BCUT2D eigenvalue weighted by atomic mass is 35.5. The van der Waals surface area contributed by atoms with Crippen molar-refractivity contribution in [2.24, 2.45) is 0 Å². The van der Waals surface area contributed by atoms with Gasteiger partial charge >= 0.3 is 16.3 Å². The largest absolute Gasteiger partial charge is 0.416 e. The summed E-state index contributed by atoms with van der Waals surface area (Å²) in [6, 6.07) is 9.23. The van der Waals surface area contributed by atoms with Gasteiger partial charge in [0.2, 0.25) is 5.91 Å². The second-order valence-electron chi connectivity index (χ2n) is 7.05. The van der Waals surface area contributed by atoms with E-state index in [1.807, 2.05) is 13.8 Å². The van der Waals surface area contributed by atoms with Crippen molar-refractivity contribution in [3.8, 4) is 5.75 Å². The molecule has 0 aliphatic carbocycles. The number of nitrogens with zero attached hydrogens (tertiary/aromatic N) is 1. The molecular weight excluding hydrogens is 455 g/mol. The number of carbonyl (C=O) groups is 1. The number of hydrogen-bond donors (Lipinski definition) is 0. The molecule has 2 atom stereocenters. The van der Waals surface area contributed by atoms with Crippen molar-refractivity contribution in [2.45, 2.75) is 56.2 Å². The Bertz CT molecular complexity index is 1030. The van der Waals surface area contributed by atoms with E-state index in [9.17, 15) is 26.4 Å². The minimum absolute atomic E-state index is 0.0783. The fourth-order valence-corrected chi connectivity index (χ4v) is 3.89. The Labute approximate surface area is 184 Å². The van der Waals surface area contributed by atoms with Gasteiger partial charge in [0, 0.05) is 12.6 Å². The van der Waals surface area contributed by atoms with E-state index < -0.39 is 32.1 Å². The molecule has 0 fully saturated rings. The van der Waals surface area contributed by atoms with Crippen molar-refractivity contribution < 1.29 is 30.6 Å². The molecule has 10 heteroatoms. The predicted molar refractivity (Wildman–Crippen MR) is 111 cm³/mol. The Kier molecular flexibility index (Phi) is 7.99. The first-order valence-corrected chi connectivity index (χ1v) is 11.3. The van der Waals surface area contributed by atoms with E-state index in [0.717, 1.165) is 18.2 Å². The van der Waals surface area contributed by atoms with Gasteiger partial charge in [0.05, 0.1) is 5.56 Å². The maximum Gasteiger partial charge on any atom is 0.416 e. The van der Waals surface area contributed by atoms with Crippen molar-refractivity contribution in [2.75, 3.05) is 0 Å². The molecule has 0 aliphatic rings. The Balaban J connectivity index is 2.28. The highest BCUT2D eigenvalue weighted by Crippen LogP contribution is 2.31. The number of alkyl halides is 4. The number of halogens is 4. The topological polar surface area (TPSA) is 63.7 Å². The van der Waals surface area contributed by atoms with Gasteiger partial charge in [0.25, 0.3) is 0 Å². The maximum absolute atomic E-state index is 12.9. The van der Waals surface area contributed by atoms with E-state index in [-0.39, 0.29) is 24.2 Å². The van der Waals surface area contributed by atoms with Crippen LogP contribution in [0, 0.1) is 0 Å². The number of amides is 1. The zero-order chi connectivity index (χ0) is 23.4. The molecule has 0 heterocycles. The Morgan fingerprint density at radius 1 is 1.13 bits per heavy atom. The minimum Gasteiger partial charge on any atom is -0.379 e. The van der Waals surface area contributed by atoms with Crippen molar-refractivity contribution in [1.29, 1.82) is 0 Å². The summed E-state index contributed by atoms with van der Waals surface area (Å²) in [5, 5.41) is -0.727. The van der Waals surface area contributed by atoms with Crippen molar-refractivity contribution in [1.82, 2.24) is 4.90 Å². The average Bonchev–Trinajstić information content (AvgIpc) is 2.70. The lowest BCUT2D eigenvalue weighted by Gasteiger charge is -2.30. The normalized spacial score (nSPS) is 14.0. The predicted octanol–water partition coefficient (Wildman–Crippen LogP) is 5.23. The number of carbonyl (C=O) groups excluding carboxylic acids is 1. The second-order valence-corrected chi connectivity index (χ2v) is 9.25. The first kappa shape index (κ1) is 25.0. The fraction of sp³-hybridized carbons (Fsp3) is 0.381. The summed E-state index contributed by atoms with van der Waals surface area (Å²) in [6.07, 6.45) is -3.99. The van der Waals surface area contributed by atoms with Crippen molar-refractivity contribution in [3.63, 3.8) is 0 Å². The van der Waals surface area contributed by atoms with Gasteiger partial charge in [-0.3, -0.25) is 4.79 Å². The molecule has 0 N–H and O–H groups in total. The van der Waals surface area contributed by atoms with E-state index in [1.54, 1.807) is 17.9 Å². The molecule has 170 valence electrons. The number of benzene rings is 2. The molecule has 0 aromatic heterocycles. The lowest BCUT2D eigenvalue weighted by Crippen LogP contribution is -2.41. The number of hydrogen-bond acceptors (Lipinski definition) is 4. The van der Waals surface area contributed by atoms with E-state index in [1.165, 1.54) is 18.2 Å². The summed E-state index contributed by atoms with van der Waals surface area (Å²) in [5.41, 5.74) is -0.508. The van der Waals surface area contributed by atoms with Crippen LogP contribution in [0.5, 0.6) is 5.75 Å². The second kappa shape index (κ2) is 9.91. The molecule has 2 aromatic carbocycles. The first-order valence-electron chi connectivity index (χ1n) is 9.50. The zero-order valence-electron chi connectivity index (χ0n) is 17.2. The van der Waals surface area contributed by atoms with Gasteiger partial charge in [0.15, 0.2) is 0 Å². The molecule has 5 nitrogen and oxygen atoms in total. The van der Waals surface area contributed by atoms with Crippen LogP contribution in [0.4, 0.5) is 13.2 Å². The molecular formula is C21H23ClF3NO4S. The molecule has 0 radical (unpaired) electrons. The SMILES string of the molecule is CCC(C)N(Cc1cccc(OS(=O)(=O)c2cccc(C(F)(F)F)c2)c1)C(=O)C(C)Cl. The van der Waals surface area contributed by atoms with Crippen LogP contribution < -0.4 is 4.18 Å². The summed E-state index contributed by atoms with van der Waals surface area (Å²) >= 11 is 5.95. The summed E-state index contributed by atoms with van der Waals surface area (Å²) in [6.45, 7) is 5.53. The lowest BCUT2D eigenvalue weighted by atomic mass is 10.1. The number of rotatable bonds is 8. The molecule has 2 unspecified atom stereocenters. The molecule has 0 saturated heterocycles. The van der Waals surface area contributed by atoms with Crippen LogP contribution in [0.3, 0.4) is 0 Å². The van der Waals surface area contributed by atoms with Gasteiger partial charge in [-0.15, -0.1) is 11.6 Å². The summed E-state index contributed by atoms with van der Waals surface area (Å²) < 4.78 is 68.7. The summed E-state index contributed by atoms with van der Waals surface area (Å²) in [5.74, 6) is -0.343. The van der Waals surface area contributed by atoms with Gasteiger partial charge in [-0.25, -0.2) is 0 Å². The van der Waals surface area contributed by atoms with Gasteiger partial charge in [0.1, 0.15) is 16.0 Å². The third-order valence-corrected chi connectivity index (χ3v) is 6.08. The minimum atomic E-state index is -4.68. The average molecular weight is 478 g/mol. The quantitative estimate of drug-likeness (QED) is 0.386. The molecule has 0 saturated carbocycles. The first-order chi connectivity index (χ1) is 14.3. The Morgan fingerprint density at radius 2 is 1.77 bits per heavy atom. The van der Waals surface area contributed by atoms with Gasteiger partial charge < -0.3 is 9.08 Å². The van der Waals surface area contributed by atoms with Crippen LogP contribution in [0.15, 0.2) is 53.4 Å². The van der Waals surface area contributed by atoms with Crippen LogP contribution in [0.25, 0.3) is 0 Å². The molecule has 2 rings (SSSR count). The van der Waals surface area contributed by atoms with Crippen LogP contribution in [0.1, 0.15) is 38.3 Å². The molecule has 0 bridgehead atoms. The standard InChI is InChI=1S/C21H23ClF3NO4S/c1-4-14(2)26(20(27)15(3)22)13-16-7-5-9-18(11-16)30-31(28,29)19-10-6-8-17(12-19)21(23,24)25/h5-12,14-15H,4,13H2,1-3H3. The van der Waals surface area contributed by atoms with Crippen molar-refractivity contribution >= 4 is 27.6 Å². The van der Waals surface area contributed by atoms with Crippen LogP contribution >= 0.6 is 11.6 Å². The highest BCUT2D eigenvalue weighted by molar-refractivity contribution is 7.87.